The molecular weight excluding hydrogens is 264 g/mol. The standard InChI is InChI=1S/C14H26O4S/c1-10-8-14(15,9-11(2)18-10)12-5-4-6-13(7-12)19(3,16)17/h10-13,15H,4-9H2,1-3H3. The summed E-state index contributed by atoms with van der Waals surface area (Å²) in [5.74, 6) is 0.0924. The quantitative estimate of drug-likeness (QED) is 0.844. The van der Waals surface area contributed by atoms with Crippen LogP contribution in [0.1, 0.15) is 52.4 Å². The van der Waals surface area contributed by atoms with Crippen molar-refractivity contribution in [1.29, 1.82) is 0 Å². The lowest BCUT2D eigenvalue weighted by molar-refractivity contribution is -0.159. The van der Waals surface area contributed by atoms with Gasteiger partial charge in [-0.25, -0.2) is 8.42 Å². The monoisotopic (exact) mass is 290 g/mol. The molecule has 1 saturated heterocycles. The Morgan fingerprint density at radius 2 is 1.74 bits per heavy atom. The predicted molar refractivity (Wildman–Crippen MR) is 74.8 cm³/mol. The fourth-order valence-electron chi connectivity index (χ4n) is 3.93. The van der Waals surface area contributed by atoms with E-state index < -0.39 is 15.4 Å². The topological polar surface area (TPSA) is 63.6 Å². The maximum absolute atomic E-state index is 11.7. The van der Waals surface area contributed by atoms with Crippen molar-refractivity contribution < 1.29 is 18.3 Å². The van der Waals surface area contributed by atoms with Gasteiger partial charge in [-0.1, -0.05) is 6.42 Å². The minimum atomic E-state index is -2.99. The molecule has 0 amide bonds. The molecule has 0 spiro atoms. The van der Waals surface area contributed by atoms with Crippen molar-refractivity contribution >= 4 is 9.84 Å². The Morgan fingerprint density at radius 1 is 1.16 bits per heavy atom. The number of aliphatic hydroxyl groups is 1. The molecule has 19 heavy (non-hydrogen) atoms. The third kappa shape index (κ3) is 3.50. The highest BCUT2D eigenvalue weighted by Crippen LogP contribution is 2.42. The SMILES string of the molecule is CC1CC(O)(C2CCCC(S(C)(=O)=O)C2)CC(C)O1. The Balaban J connectivity index is 2.12. The third-order valence-corrected chi connectivity index (χ3v) is 6.38. The van der Waals surface area contributed by atoms with Gasteiger partial charge in [0.25, 0.3) is 0 Å². The summed E-state index contributed by atoms with van der Waals surface area (Å²) < 4.78 is 29.2. The molecule has 2 fully saturated rings. The predicted octanol–water partition coefficient (Wildman–Crippen LogP) is 1.91. The lowest BCUT2D eigenvalue weighted by atomic mass is 9.71. The van der Waals surface area contributed by atoms with Gasteiger partial charge in [0.05, 0.1) is 23.1 Å². The molecule has 0 radical (unpaired) electrons. The maximum atomic E-state index is 11.7. The van der Waals surface area contributed by atoms with Crippen molar-refractivity contribution in [3.8, 4) is 0 Å². The van der Waals surface area contributed by atoms with Gasteiger partial charge in [-0.3, -0.25) is 0 Å². The first-order valence-electron chi connectivity index (χ1n) is 7.27. The zero-order chi connectivity index (χ0) is 14.3. The molecule has 1 aliphatic carbocycles. The van der Waals surface area contributed by atoms with E-state index in [0.717, 1.165) is 19.3 Å². The van der Waals surface area contributed by atoms with Gasteiger partial charge >= 0.3 is 0 Å². The average molecular weight is 290 g/mol. The van der Waals surface area contributed by atoms with Crippen molar-refractivity contribution in [2.75, 3.05) is 6.26 Å². The Hall–Kier alpha value is -0.130. The maximum Gasteiger partial charge on any atom is 0.150 e. The molecule has 1 aliphatic heterocycles. The molecule has 0 aromatic heterocycles. The van der Waals surface area contributed by atoms with Gasteiger partial charge in [-0.05, 0) is 39.0 Å². The van der Waals surface area contributed by atoms with E-state index in [-0.39, 0.29) is 23.4 Å². The van der Waals surface area contributed by atoms with Crippen LogP contribution in [-0.2, 0) is 14.6 Å². The number of hydrogen-bond acceptors (Lipinski definition) is 4. The fourth-order valence-corrected chi connectivity index (χ4v) is 5.10. The van der Waals surface area contributed by atoms with E-state index in [0.29, 0.717) is 19.3 Å². The van der Waals surface area contributed by atoms with Crippen LogP contribution in [0, 0.1) is 5.92 Å². The molecule has 1 heterocycles. The Kier molecular flexibility index (Phi) is 4.29. The summed E-state index contributed by atoms with van der Waals surface area (Å²) >= 11 is 0. The second-order valence-electron chi connectivity index (χ2n) is 6.58. The van der Waals surface area contributed by atoms with E-state index in [1.807, 2.05) is 13.8 Å². The van der Waals surface area contributed by atoms with Crippen molar-refractivity contribution in [2.24, 2.45) is 5.92 Å². The van der Waals surface area contributed by atoms with Crippen molar-refractivity contribution in [1.82, 2.24) is 0 Å². The number of hydrogen-bond donors (Lipinski definition) is 1. The first kappa shape index (κ1) is 15.3. The molecule has 4 nitrogen and oxygen atoms in total. The Morgan fingerprint density at radius 3 is 2.26 bits per heavy atom. The van der Waals surface area contributed by atoms with Crippen LogP contribution in [0.4, 0.5) is 0 Å². The smallest absolute Gasteiger partial charge is 0.150 e. The van der Waals surface area contributed by atoms with E-state index >= 15 is 0 Å². The average Bonchev–Trinajstić information content (AvgIpc) is 2.26. The summed E-state index contributed by atoms with van der Waals surface area (Å²) in [5, 5.41) is 10.7. The third-order valence-electron chi connectivity index (χ3n) is 4.74. The summed E-state index contributed by atoms with van der Waals surface area (Å²) in [4.78, 5) is 0. The number of sulfone groups is 1. The van der Waals surface area contributed by atoms with E-state index in [4.69, 9.17) is 4.74 Å². The van der Waals surface area contributed by atoms with Crippen LogP contribution in [0.25, 0.3) is 0 Å². The van der Waals surface area contributed by atoms with E-state index in [9.17, 15) is 13.5 Å². The van der Waals surface area contributed by atoms with Gasteiger partial charge in [-0.2, -0.15) is 0 Å². The summed E-state index contributed by atoms with van der Waals surface area (Å²) in [6, 6.07) is 0. The molecular formula is C14H26O4S. The molecule has 2 rings (SSSR count). The molecule has 4 unspecified atom stereocenters. The zero-order valence-electron chi connectivity index (χ0n) is 12.1. The lowest BCUT2D eigenvalue weighted by Crippen LogP contribution is -2.50. The number of ether oxygens (including phenoxy) is 1. The fraction of sp³-hybridized carbons (Fsp3) is 1.00. The van der Waals surface area contributed by atoms with Crippen molar-refractivity contribution in [3.05, 3.63) is 0 Å². The van der Waals surface area contributed by atoms with E-state index in [1.54, 1.807) is 0 Å². The van der Waals surface area contributed by atoms with Crippen LogP contribution in [0.15, 0.2) is 0 Å². The first-order chi connectivity index (χ1) is 8.71. The molecule has 0 bridgehead atoms. The summed E-state index contributed by atoms with van der Waals surface area (Å²) in [7, 11) is -2.99. The molecule has 1 saturated carbocycles. The largest absolute Gasteiger partial charge is 0.389 e. The highest BCUT2D eigenvalue weighted by Gasteiger charge is 2.45. The van der Waals surface area contributed by atoms with Crippen LogP contribution < -0.4 is 0 Å². The summed E-state index contributed by atoms with van der Waals surface area (Å²) in [6.07, 6.45) is 5.84. The minimum absolute atomic E-state index is 0.0485. The van der Waals surface area contributed by atoms with Gasteiger partial charge in [0.2, 0.25) is 0 Å². The lowest BCUT2D eigenvalue weighted by Gasteiger charge is -2.46. The molecule has 0 aromatic rings. The summed E-state index contributed by atoms with van der Waals surface area (Å²) in [6.45, 7) is 3.97. The van der Waals surface area contributed by atoms with Gasteiger partial charge in [0.15, 0.2) is 0 Å². The second kappa shape index (κ2) is 5.34. The molecule has 5 heteroatoms. The second-order valence-corrected chi connectivity index (χ2v) is 8.91. The van der Waals surface area contributed by atoms with Gasteiger partial charge < -0.3 is 9.84 Å². The van der Waals surface area contributed by atoms with Crippen LogP contribution in [0.3, 0.4) is 0 Å². The van der Waals surface area contributed by atoms with E-state index in [2.05, 4.69) is 0 Å². The highest BCUT2D eigenvalue weighted by molar-refractivity contribution is 7.91. The minimum Gasteiger partial charge on any atom is -0.389 e. The van der Waals surface area contributed by atoms with E-state index in [1.165, 1.54) is 6.26 Å². The van der Waals surface area contributed by atoms with Crippen LogP contribution in [-0.4, -0.2) is 42.8 Å². The molecule has 4 atom stereocenters. The Bertz CT molecular complexity index is 407. The first-order valence-corrected chi connectivity index (χ1v) is 9.23. The van der Waals surface area contributed by atoms with Crippen LogP contribution >= 0.6 is 0 Å². The Labute approximate surface area is 116 Å². The van der Waals surface area contributed by atoms with Gasteiger partial charge in [-0.15, -0.1) is 0 Å². The van der Waals surface area contributed by atoms with Gasteiger partial charge in [0.1, 0.15) is 9.84 Å². The van der Waals surface area contributed by atoms with Gasteiger partial charge in [0, 0.05) is 19.1 Å². The molecule has 2 aliphatic rings. The summed E-state index contributed by atoms with van der Waals surface area (Å²) in [5.41, 5.74) is -0.750. The van der Waals surface area contributed by atoms with Crippen LogP contribution in [0.2, 0.25) is 0 Å². The van der Waals surface area contributed by atoms with Crippen molar-refractivity contribution in [3.63, 3.8) is 0 Å². The normalized spacial score (nSPS) is 45.1. The van der Waals surface area contributed by atoms with Crippen LogP contribution in [0.5, 0.6) is 0 Å². The highest BCUT2D eigenvalue weighted by atomic mass is 32.2. The zero-order valence-corrected chi connectivity index (χ0v) is 12.9. The van der Waals surface area contributed by atoms with Crippen molar-refractivity contribution in [2.45, 2.75) is 75.4 Å². The molecule has 112 valence electrons. The molecule has 0 aromatic carbocycles. The number of rotatable bonds is 2. The molecule has 1 N–H and O–H groups in total.